The molecular formula is C33H41N3O. The van der Waals surface area contributed by atoms with E-state index in [-0.39, 0.29) is 11.5 Å². The molecule has 4 heteroatoms. The fraction of sp³-hybridized carbons (Fsp3) is 0.394. The molecule has 0 spiro atoms. The number of benzene rings is 1. The van der Waals surface area contributed by atoms with Crippen LogP contribution in [0.4, 0.5) is 0 Å². The van der Waals surface area contributed by atoms with Crippen molar-refractivity contribution in [3.63, 3.8) is 0 Å². The molecule has 37 heavy (non-hydrogen) atoms. The molecular weight excluding hydrogens is 454 g/mol. The van der Waals surface area contributed by atoms with Crippen molar-refractivity contribution in [1.29, 1.82) is 0 Å². The van der Waals surface area contributed by atoms with E-state index in [2.05, 4.69) is 88.2 Å². The Balaban J connectivity index is 1.98. The second kappa shape index (κ2) is 11.4. The maximum Gasteiger partial charge on any atom is 0.0969 e. The summed E-state index contributed by atoms with van der Waals surface area (Å²) in [5.74, 6) is 0. The first-order valence-electron chi connectivity index (χ1n) is 13.5. The molecule has 4 aromatic rings. The Hall–Kier alpha value is -3.24. The number of aromatic nitrogens is 3. The Kier molecular flexibility index (Phi) is 8.29. The van der Waals surface area contributed by atoms with Gasteiger partial charge in [0, 0.05) is 47.6 Å². The number of hydrogen-bond donors (Lipinski definition) is 0. The van der Waals surface area contributed by atoms with Gasteiger partial charge in [0.25, 0.3) is 0 Å². The molecule has 0 amide bonds. The van der Waals surface area contributed by atoms with Crippen LogP contribution in [-0.4, -0.2) is 21.6 Å². The van der Waals surface area contributed by atoms with Gasteiger partial charge in [-0.3, -0.25) is 9.97 Å². The molecule has 4 nitrogen and oxygen atoms in total. The predicted molar refractivity (Wildman–Crippen MR) is 156 cm³/mol. The van der Waals surface area contributed by atoms with E-state index in [1.54, 1.807) is 7.11 Å². The first-order valence-corrected chi connectivity index (χ1v) is 13.5. The maximum atomic E-state index is 5.74. The molecule has 0 saturated carbocycles. The SMILES string of the molecule is C=CCCc1cccc(-c2ccc3c(c2)c(CC(C)(C)CC)c(-c2cccnc2C(C)OC)n3CC)n1. The zero-order chi connectivity index (χ0) is 26.6. The zero-order valence-corrected chi connectivity index (χ0v) is 23.3. The van der Waals surface area contributed by atoms with Crippen molar-refractivity contribution in [2.75, 3.05) is 7.11 Å². The predicted octanol–water partition coefficient (Wildman–Crippen LogP) is 8.59. The van der Waals surface area contributed by atoms with E-state index >= 15 is 0 Å². The summed E-state index contributed by atoms with van der Waals surface area (Å²) < 4.78 is 8.19. The van der Waals surface area contributed by atoms with Gasteiger partial charge in [-0.05, 0) is 80.5 Å². The Morgan fingerprint density at radius 3 is 2.62 bits per heavy atom. The number of hydrogen-bond acceptors (Lipinski definition) is 3. The van der Waals surface area contributed by atoms with Crippen LogP contribution in [0.15, 0.2) is 67.4 Å². The van der Waals surface area contributed by atoms with Crippen molar-refractivity contribution in [3.05, 3.63) is 84.3 Å². The second-order valence-corrected chi connectivity index (χ2v) is 10.7. The number of fused-ring (bicyclic) bond motifs is 1. The van der Waals surface area contributed by atoms with Gasteiger partial charge in [-0.25, -0.2) is 0 Å². The summed E-state index contributed by atoms with van der Waals surface area (Å²) in [6.07, 6.45) is 7.65. The highest BCUT2D eigenvalue weighted by Crippen LogP contribution is 2.42. The fourth-order valence-electron chi connectivity index (χ4n) is 5.09. The van der Waals surface area contributed by atoms with E-state index in [9.17, 15) is 0 Å². The van der Waals surface area contributed by atoms with Gasteiger partial charge < -0.3 is 9.30 Å². The number of methoxy groups -OCH3 is 1. The molecule has 4 rings (SSSR count). The minimum Gasteiger partial charge on any atom is -0.375 e. The summed E-state index contributed by atoms with van der Waals surface area (Å²) in [4.78, 5) is 9.76. The van der Waals surface area contributed by atoms with Gasteiger partial charge in [-0.1, -0.05) is 45.4 Å². The van der Waals surface area contributed by atoms with Crippen LogP contribution in [0, 0.1) is 5.41 Å². The van der Waals surface area contributed by atoms with Crippen molar-refractivity contribution in [3.8, 4) is 22.5 Å². The van der Waals surface area contributed by atoms with Gasteiger partial charge in [0.2, 0.25) is 0 Å². The minimum absolute atomic E-state index is 0.0929. The lowest BCUT2D eigenvalue weighted by Gasteiger charge is -2.24. The molecule has 0 radical (unpaired) electrons. The topological polar surface area (TPSA) is 39.9 Å². The van der Waals surface area contributed by atoms with Gasteiger partial charge in [-0.2, -0.15) is 0 Å². The summed E-state index contributed by atoms with van der Waals surface area (Å²) in [7, 11) is 1.75. The lowest BCUT2D eigenvalue weighted by Crippen LogP contribution is -2.14. The van der Waals surface area contributed by atoms with Crippen LogP contribution in [0.1, 0.15) is 70.5 Å². The van der Waals surface area contributed by atoms with Crippen LogP contribution in [0.3, 0.4) is 0 Å². The van der Waals surface area contributed by atoms with Crippen molar-refractivity contribution in [2.24, 2.45) is 5.41 Å². The lowest BCUT2D eigenvalue weighted by molar-refractivity contribution is 0.116. The quantitative estimate of drug-likeness (QED) is 0.196. The van der Waals surface area contributed by atoms with Gasteiger partial charge in [0.05, 0.1) is 23.2 Å². The number of nitrogens with zero attached hydrogens (tertiary/aromatic N) is 3. The highest BCUT2D eigenvalue weighted by Gasteiger charge is 2.27. The molecule has 0 aliphatic rings. The van der Waals surface area contributed by atoms with Crippen molar-refractivity contribution in [2.45, 2.75) is 73.0 Å². The number of rotatable bonds is 11. The second-order valence-electron chi connectivity index (χ2n) is 10.7. The van der Waals surface area contributed by atoms with Crippen LogP contribution in [0.5, 0.6) is 0 Å². The van der Waals surface area contributed by atoms with Gasteiger partial charge in [-0.15, -0.1) is 6.58 Å². The zero-order valence-electron chi connectivity index (χ0n) is 23.3. The summed E-state index contributed by atoms with van der Waals surface area (Å²) in [6, 6.07) is 17.4. The number of allylic oxidation sites excluding steroid dienone is 1. The molecule has 1 atom stereocenters. The van der Waals surface area contributed by atoms with Crippen LogP contribution in [-0.2, 0) is 24.1 Å². The molecule has 1 aromatic carbocycles. The smallest absolute Gasteiger partial charge is 0.0969 e. The lowest BCUT2D eigenvalue weighted by atomic mass is 9.81. The summed E-state index contributed by atoms with van der Waals surface area (Å²) >= 11 is 0. The Morgan fingerprint density at radius 1 is 1.11 bits per heavy atom. The summed E-state index contributed by atoms with van der Waals surface area (Å²) in [5, 5.41) is 1.30. The first kappa shape index (κ1) is 26.8. The molecule has 0 N–H and O–H groups in total. The molecule has 1 unspecified atom stereocenters. The van der Waals surface area contributed by atoms with Gasteiger partial charge in [0.15, 0.2) is 0 Å². The normalized spacial score (nSPS) is 12.7. The fourth-order valence-corrected chi connectivity index (χ4v) is 5.09. The molecule has 0 aliphatic carbocycles. The largest absolute Gasteiger partial charge is 0.375 e. The molecule has 0 bridgehead atoms. The average Bonchev–Trinajstić information content (AvgIpc) is 3.23. The van der Waals surface area contributed by atoms with E-state index < -0.39 is 0 Å². The number of aryl methyl sites for hydroxylation is 2. The monoisotopic (exact) mass is 495 g/mol. The van der Waals surface area contributed by atoms with Crippen LogP contribution >= 0.6 is 0 Å². The molecule has 194 valence electrons. The third-order valence-electron chi connectivity index (χ3n) is 7.64. The maximum absolute atomic E-state index is 5.74. The van der Waals surface area contributed by atoms with Crippen LogP contribution in [0.2, 0.25) is 0 Å². The van der Waals surface area contributed by atoms with Gasteiger partial charge >= 0.3 is 0 Å². The average molecular weight is 496 g/mol. The third-order valence-corrected chi connectivity index (χ3v) is 7.64. The van der Waals surface area contributed by atoms with Gasteiger partial charge in [0.1, 0.15) is 0 Å². The number of pyridine rings is 2. The summed E-state index contributed by atoms with van der Waals surface area (Å²) in [6.45, 7) is 16.0. The minimum atomic E-state index is -0.0929. The van der Waals surface area contributed by atoms with Crippen molar-refractivity contribution >= 4 is 10.9 Å². The molecule has 0 aliphatic heterocycles. The third kappa shape index (κ3) is 5.55. The van der Waals surface area contributed by atoms with Crippen molar-refractivity contribution < 1.29 is 4.74 Å². The van der Waals surface area contributed by atoms with Crippen LogP contribution in [0.25, 0.3) is 33.4 Å². The first-order chi connectivity index (χ1) is 17.8. The Labute approximate surface area is 222 Å². The Bertz CT molecular complexity index is 1380. The highest BCUT2D eigenvalue weighted by molar-refractivity contribution is 5.95. The summed E-state index contributed by atoms with van der Waals surface area (Å²) in [5.41, 5.74) is 9.47. The van der Waals surface area contributed by atoms with E-state index in [1.807, 2.05) is 18.3 Å². The highest BCUT2D eigenvalue weighted by atomic mass is 16.5. The molecule has 0 saturated heterocycles. The van der Waals surface area contributed by atoms with E-state index in [1.165, 1.54) is 22.2 Å². The molecule has 3 heterocycles. The standard InChI is InChI=1S/C33H41N3O/c1-8-11-14-25-15-12-17-29(35-25)24-18-19-30-27(21-24)28(22-33(5,6)9-2)32(36(30)10-3)26-16-13-20-34-31(26)23(4)37-7/h8,12-13,15-21,23H,1,9-11,14,22H2,2-7H3. The molecule has 3 aromatic heterocycles. The van der Waals surface area contributed by atoms with Crippen LogP contribution < -0.4 is 0 Å². The van der Waals surface area contributed by atoms with E-state index in [0.717, 1.165) is 60.4 Å². The van der Waals surface area contributed by atoms with E-state index in [0.29, 0.717) is 0 Å². The van der Waals surface area contributed by atoms with Crippen molar-refractivity contribution in [1.82, 2.24) is 14.5 Å². The Morgan fingerprint density at radius 2 is 1.92 bits per heavy atom. The molecule has 0 fully saturated rings. The number of ether oxygens (including phenoxy) is 1. The van der Waals surface area contributed by atoms with E-state index in [4.69, 9.17) is 14.7 Å².